The number of primary amides is 1. The van der Waals surface area contributed by atoms with Crippen LogP contribution in [-0.4, -0.2) is 249 Å². The number of amides is 13. The number of carbonyl (C=O) groups excluding carboxylic acids is 12. The zero-order chi connectivity index (χ0) is 84.7. The molecule has 2 unspecified atom stereocenters. The summed E-state index contributed by atoms with van der Waals surface area (Å²) in [5, 5.41) is 20.7. The Kier molecular flexibility index (Phi) is 39.8. The fourth-order valence-electron chi connectivity index (χ4n) is 15.6. The second-order valence-electron chi connectivity index (χ2n) is 32.0. The molecule has 0 spiro atoms. The van der Waals surface area contributed by atoms with Gasteiger partial charge in [-0.05, 0) is 98.3 Å². The van der Waals surface area contributed by atoms with E-state index in [1.807, 2.05) is 93.9 Å². The van der Waals surface area contributed by atoms with E-state index < -0.39 is 114 Å². The third-order valence-electron chi connectivity index (χ3n) is 22.3. The topological polar surface area (TPSA) is 363 Å². The summed E-state index contributed by atoms with van der Waals surface area (Å²) in [5.74, 6) is -4.25. The number of anilines is 1. The van der Waals surface area contributed by atoms with Gasteiger partial charge in [0.05, 0.1) is 68.4 Å². The lowest BCUT2D eigenvalue weighted by Gasteiger charge is -2.42. The predicted molar refractivity (Wildman–Crippen MR) is 454 cm³/mol. The van der Waals surface area contributed by atoms with Crippen LogP contribution in [-0.2, 0) is 75.2 Å². The molecular weight excluding hydrogens is 1560 g/mol. The molecule has 1 saturated carbocycles. The Balaban J connectivity index is 0.898. The van der Waals surface area contributed by atoms with E-state index in [0.29, 0.717) is 78.3 Å². The molecule has 33 heteroatoms. The second-order valence-corrected chi connectivity index (χ2v) is 36.9. The maximum Gasteiger partial charge on any atom is 0.410 e. The average Bonchev–Trinajstić information content (AvgIpc) is 1.59. The van der Waals surface area contributed by atoms with E-state index in [9.17, 15) is 57.5 Å². The van der Waals surface area contributed by atoms with Crippen LogP contribution in [0.1, 0.15) is 187 Å². The number of fused-ring (bicyclic) bond motifs is 4. The van der Waals surface area contributed by atoms with Gasteiger partial charge >= 0.3 is 12.1 Å². The van der Waals surface area contributed by atoms with Crippen LogP contribution in [0.25, 0.3) is 0 Å². The van der Waals surface area contributed by atoms with Crippen molar-refractivity contribution < 1.29 is 71.7 Å². The quantitative estimate of drug-likeness (QED) is 0.0263. The minimum absolute atomic E-state index is 0.0386. The van der Waals surface area contributed by atoms with Gasteiger partial charge < -0.3 is 76.3 Å². The molecule has 644 valence electrons. The van der Waals surface area contributed by atoms with E-state index >= 15 is 0 Å². The fraction of sp³-hybridized carbons (Fsp3) is 0.675. The highest BCUT2D eigenvalue weighted by atomic mass is 32.2. The van der Waals surface area contributed by atoms with E-state index in [4.69, 9.17) is 19.9 Å². The number of nitrogens with zero attached hydrogens (tertiary/aromatic N) is 7. The van der Waals surface area contributed by atoms with Crippen molar-refractivity contribution in [2.45, 2.75) is 243 Å². The summed E-state index contributed by atoms with van der Waals surface area (Å²) in [6, 6.07) is 9.71. The van der Waals surface area contributed by atoms with Crippen LogP contribution in [0.4, 0.5) is 15.3 Å². The molecule has 1 aromatic heterocycles. The van der Waals surface area contributed by atoms with Crippen molar-refractivity contribution in [1.82, 2.24) is 61.0 Å². The Morgan fingerprint density at radius 1 is 0.690 bits per heavy atom. The number of nitrogens with one attached hydrogen (secondary N) is 6. The van der Waals surface area contributed by atoms with E-state index in [2.05, 4.69) is 36.9 Å². The van der Waals surface area contributed by atoms with Gasteiger partial charge in [0.2, 0.25) is 59.1 Å². The molecule has 4 aliphatic rings. The summed E-state index contributed by atoms with van der Waals surface area (Å²) < 4.78 is 18.0. The number of aromatic nitrogens is 1. The molecule has 7 rings (SSSR count). The molecule has 4 heterocycles. The first-order chi connectivity index (χ1) is 55.4. The van der Waals surface area contributed by atoms with Crippen molar-refractivity contribution in [3.8, 4) is 0 Å². The maximum atomic E-state index is 15.0. The zero-order valence-electron chi connectivity index (χ0n) is 70.1. The molecule has 1 aliphatic carbocycles. The van der Waals surface area contributed by atoms with Gasteiger partial charge in [-0.3, -0.25) is 52.8 Å². The number of likely N-dealkylation sites (N-methyl/N-ethyl adjacent to an activating group) is 2. The maximum absolute atomic E-state index is 15.0. The standard InChI is InChI=1S/C83H128N14O15S4/c1-14-55(8)74(65(110-12)46-70(102)97-39-23-29-64(97)75(111-13)56(9)76(103)89-63(80-85-38-43-116-80)44-57-24-18-17-19-25-57)92(10)81(107)72(53(4)5)91-79(106)73(54(6)7)93(11)83(109)112-47-58-30-32-59(33-31-58)87-77(104)62(28-22-37-86-82(84)108)88-78(105)71(52(2)3)90-66(98)48-113-40-34-67(99)94-49-95-51-96(50-94)69(101)36-42-115-61-27-21-16-15-20-26-60(45-61)114-41-35-68(95)100/h17-19,24-25,30-33,38,43,52-56,60-65,71-75H,14-16,20-23,26-29,34-37,39-42,44-51H2,1-13H3,(H,87,104)(H,88,105)(H,89,103)(H,90,98)(H,91,106)(H3,84,86,108)/t55-,56+,60?,61?,62-,63-,64-,65+,71-,72-,73-,74-,75+/m0/s1. The van der Waals surface area contributed by atoms with Crippen molar-refractivity contribution >= 4 is 124 Å². The number of carbonyl (C=O) groups is 12. The highest BCUT2D eigenvalue weighted by Gasteiger charge is 2.45. The molecule has 29 nitrogen and oxygen atoms in total. The highest BCUT2D eigenvalue weighted by Crippen LogP contribution is 2.35. The molecule has 116 heavy (non-hydrogen) atoms. The SMILES string of the molecule is CC[C@H](C)[C@@H]([C@@H](CC(=O)N1CCC[C@H]1[C@H](OC)[C@@H](C)C(=O)N[C@@H](Cc1ccccc1)c1nccs1)OC)N(C)C(=O)[C@@H](NC(=O)[C@H](C(C)C)N(C)C(=O)OCc1ccc(NC(=O)[C@H](CCCNC(N)=O)NC(=O)[C@@H](NC(=O)CSCCC(=O)N2CN3CN(C2)C(=O)CCSC2CCCCCCC(C2)SCCC3=O)C(C)C)cc1)C(C)C. The number of benzene rings is 2. The number of thiazole rings is 1. The molecule has 3 saturated heterocycles. The van der Waals surface area contributed by atoms with Crippen LogP contribution in [0.3, 0.4) is 0 Å². The summed E-state index contributed by atoms with van der Waals surface area (Å²) in [5.41, 5.74) is 7.21. The molecule has 3 aromatic rings. The monoisotopic (exact) mass is 1690 g/mol. The van der Waals surface area contributed by atoms with E-state index in [1.165, 1.54) is 72.7 Å². The first-order valence-electron chi connectivity index (χ1n) is 41.2. The highest BCUT2D eigenvalue weighted by molar-refractivity contribution is 8.00. The van der Waals surface area contributed by atoms with Crippen LogP contribution in [0.5, 0.6) is 0 Å². The lowest BCUT2D eigenvalue weighted by molar-refractivity contribution is -0.158. The van der Waals surface area contributed by atoms with Gasteiger partial charge in [0.15, 0.2) is 0 Å². The third kappa shape index (κ3) is 29.1. The number of ether oxygens (including phenoxy) is 3. The van der Waals surface area contributed by atoms with Gasteiger partial charge in [-0.2, -0.15) is 35.3 Å². The molecule has 0 radical (unpaired) electrons. The van der Waals surface area contributed by atoms with Gasteiger partial charge in [0.1, 0.15) is 35.8 Å². The van der Waals surface area contributed by atoms with Crippen molar-refractivity contribution in [2.24, 2.45) is 35.3 Å². The van der Waals surface area contributed by atoms with Crippen LogP contribution in [0.15, 0.2) is 66.2 Å². The van der Waals surface area contributed by atoms with Gasteiger partial charge in [-0.15, -0.1) is 11.3 Å². The number of likely N-dealkylation sites (tertiary alicyclic amines) is 1. The Bertz CT molecular complexity index is 3640. The molecular formula is C83H128N14O15S4. The summed E-state index contributed by atoms with van der Waals surface area (Å²) in [6.45, 7) is 17.0. The number of hydrogen-bond donors (Lipinski definition) is 7. The predicted octanol–water partition coefficient (Wildman–Crippen LogP) is 9.15. The average molecular weight is 1690 g/mol. The lowest BCUT2D eigenvalue weighted by atomic mass is 9.89. The zero-order valence-corrected chi connectivity index (χ0v) is 73.4. The van der Waals surface area contributed by atoms with Crippen LogP contribution in [0, 0.1) is 29.6 Å². The summed E-state index contributed by atoms with van der Waals surface area (Å²) >= 11 is 6.41. The Morgan fingerprint density at radius 3 is 1.91 bits per heavy atom. The number of methoxy groups -OCH3 is 2. The molecule has 3 aliphatic heterocycles. The lowest BCUT2D eigenvalue weighted by Crippen LogP contribution is -2.60. The van der Waals surface area contributed by atoms with Gasteiger partial charge in [0.25, 0.3) is 0 Å². The van der Waals surface area contributed by atoms with E-state index in [1.54, 1.807) is 91.9 Å². The van der Waals surface area contributed by atoms with Crippen LogP contribution >= 0.6 is 46.6 Å². The third-order valence-corrected chi connectivity index (χ3v) is 26.9. The first-order valence-corrected chi connectivity index (χ1v) is 45.3. The molecule has 13 amide bonds. The van der Waals surface area contributed by atoms with Crippen LogP contribution in [0.2, 0.25) is 0 Å². The number of hydrogen-bond acceptors (Lipinski definition) is 20. The molecule has 4 bridgehead atoms. The second kappa shape index (κ2) is 48.4. The fourth-order valence-corrected chi connectivity index (χ4v) is 19.8. The summed E-state index contributed by atoms with van der Waals surface area (Å²) in [6.07, 6.45) is 11.0. The molecule has 4 fully saturated rings. The number of rotatable bonds is 38. The molecule has 8 N–H and O–H groups in total. The Morgan fingerprint density at radius 2 is 1.34 bits per heavy atom. The van der Waals surface area contributed by atoms with Gasteiger partial charge in [-0.25, -0.2) is 14.6 Å². The van der Waals surface area contributed by atoms with Crippen molar-refractivity contribution in [3.05, 3.63) is 82.3 Å². The minimum Gasteiger partial charge on any atom is -0.445 e. The van der Waals surface area contributed by atoms with E-state index in [0.717, 1.165) is 29.8 Å². The number of nitrogens with two attached hydrogens (primary N) is 1. The Labute approximate surface area is 702 Å². The minimum atomic E-state index is -1.15. The molecule has 13 atom stereocenters. The summed E-state index contributed by atoms with van der Waals surface area (Å²) in [7, 11) is 6.17. The smallest absolute Gasteiger partial charge is 0.410 e. The van der Waals surface area contributed by atoms with Crippen molar-refractivity contribution in [1.29, 1.82) is 0 Å². The van der Waals surface area contributed by atoms with Crippen molar-refractivity contribution in [2.75, 3.05) is 89.7 Å². The Hall–Kier alpha value is -7.72. The molecule has 2 aromatic carbocycles. The normalized spacial score (nSPS) is 19.7. The van der Waals surface area contributed by atoms with Gasteiger partial charge in [0, 0.05) is 106 Å². The largest absolute Gasteiger partial charge is 0.445 e. The van der Waals surface area contributed by atoms with Crippen molar-refractivity contribution in [3.63, 3.8) is 0 Å². The van der Waals surface area contributed by atoms with Gasteiger partial charge in [-0.1, -0.05) is 137 Å². The first kappa shape index (κ1) is 95.4. The number of thioether (sulfide) groups is 3. The number of urea groups is 1. The van der Waals surface area contributed by atoms with E-state index in [-0.39, 0.29) is 112 Å². The van der Waals surface area contributed by atoms with Crippen LogP contribution < -0.4 is 37.6 Å². The summed E-state index contributed by atoms with van der Waals surface area (Å²) in [4.78, 5) is 180.